The third-order valence-electron chi connectivity index (χ3n) is 5.50. The van der Waals surface area contributed by atoms with Gasteiger partial charge in [-0.25, -0.2) is 0 Å². The molecule has 6 nitrogen and oxygen atoms in total. The molecular weight excluding hydrogens is 366 g/mol. The maximum absolute atomic E-state index is 12.9. The number of amides is 1. The molecule has 0 spiro atoms. The zero-order chi connectivity index (χ0) is 20.6. The number of likely N-dealkylation sites (N-methyl/N-ethyl adjacent to an activating group) is 1. The van der Waals surface area contributed by atoms with Crippen molar-refractivity contribution in [2.24, 2.45) is 5.92 Å². The summed E-state index contributed by atoms with van der Waals surface area (Å²) in [6.07, 6.45) is 3.86. The fraction of sp³-hybridized carbons (Fsp3) is 0.522. The second-order valence-electron chi connectivity index (χ2n) is 8.09. The summed E-state index contributed by atoms with van der Waals surface area (Å²) in [5.41, 5.74) is 1.21. The molecule has 1 aromatic heterocycles. The molecule has 1 aliphatic heterocycles. The SMILES string of the molecule is COc1ccccc1CN1CCC[C@H](CN(CCN(C)C)C(=O)c2ccco2)C1. The first-order chi connectivity index (χ1) is 14.1. The average Bonchev–Trinajstić information content (AvgIpc) is 3.26. The lowest BCUT2D eigenvalue weighted by atomic mass is 9.96. The first-order valence-corrected chi connectivity index (χ1v) is 10.4. The largest absolute Gasteiger partial charge is 0.496 e. The number of carbonyl (C=O) groups is 1. The van der Waals surface area contributed by atoms with Gasteiger partial charge in [-0.2, -0.15) is 0 Å². The zero-order valence-electron chi connectivity index (χ0n) is 17.8. The van der Waals surface area contributed by atoms with E-state index in [0.29, 0.717) is 18.2 Å². The average molecular weight is 400 g/mol. The Morgan fingerprint density at radius 2 is 2.03 bits per heavy atom. The van der Waals surface area contributed by atoms with E-state index >= 15 is 0 Å². The van der Waals surface area contributed by atoms with Gasteiger partial charge in [-0.1, -0.05) is 18.2 Å². The molecule has 2 aromatic rings. The lowest BCUT2D eigenvalue weighted by Gasteiger charge is -2.36. The normalized spacial score (nSPS) is 17.4. The zero-order valence-corrected chi connectivity index (χ0v) is 17.8. The summed E-state index contributed by atoms with van der Waals surface area (Å²) < 4.78 is 10.9. The van der Waals surface area contributed by atoms with Crippen molar-refractivity contribution in [2.45, 2.75) is 19.4 Å². The van der Waals surface area contributed by atoms with Gasteiger partial charge in [-0.3, -0.25) is 9.69 Å². The fourth-order valence-corrected chi connectivity index (χ4v) is 3.98. The number of para-hydroxylation sites is 1. The Bertz CT molecular complexity index is 760. The van der Waals surface area contributed by atoms with Crippen molar-refractivity contribution in [1.29, 1.82) is 0 Å². The molecular formula is C23H33N3O3. The van der Waals surface area contributed by atoms with E-state index in [4.69, 9.17) is 9.15 Å². The van der Waals surface area contributed by atoms with Gasteiger partial charge < -0.3 is 19.0 Å². The van der Waals surface area contributed by atoms with E-state index in [-0.39, 0.29) is 5.91 Å². The van der Waals surface area contributed by atoms with E-state index in [1.807, 2.05) is 31.1 Å². The smallest absolute Gasteiger partial charge is 0.289 e. The molecule has 0 radical (unpaired) electrons. The van der Waals surface area contributed by atoms with Crippen LogP contribution in [0.5, 0.6) is 5.75 Å². The highest BCUT2D eigenvalue weighted by molar-refractivity contribution is 5.91. The highest BCUT2D eigenvalue weighted by atomic mass is 16.5. The van der Waals surface area contributed by atoms with E-state index in [1.54, 1.807) is 25.5 Å². The maximum Gasteiger partial charge on any atom is 0.289 e. The summed E-state index contributed by atoms with van der Waals surface area (Å²) in [5.74, 6) is 1.80. The van der Waals surface area contributed by atoms with Crippen molar-refractivity contribution >= 4 is 5.91 Å². The first-order valence-electron chi connectivity index (χ1n) is 10.4. The van der Waals surface area contributed by atoms with Crippen molar-refractivity contribution in [2.75, 3.05) is 53.9 Å². The number of nitrogens with zero attached hydrogens (tertiary/aromatic N) is 3. The second-order valence-corrected chi connectivity index (χ2v) is 8.09. The number of likely N-dealkylation sites (tertiary alicyclic amines) is 1. The Morgan fingerprint density at radius 3 is 2.76 bits per heavy atom. The van der Waals surface area contributed by atoms with Gasteiger partial charge in [0.05, 0.1) is 13.4 Å². The van der Waals surface area contributed by atoms with Crippen LogP contribution in [-0.2, 0) is 6.54 Å². The third kappa shape index (κ3) is 6.08. The van der Waals surface area contributed by atoms with Crippen LogP contribution >= 0.6 is 0 Å². The number of rotatable bonds is 9. The first kappa shape index (κ1) is 21.4. The van der Waals surface area contributed by atoms with Crippen LogP contribution < -0.4 is 4.74 Å². The van der Waals surface area contributed by atoms with Crippen LogP contribution in [0.25, 0.3) is 0 Å². The van der Waals surface area contributed by atoms with Crippen molar-refractivity contribution in [3.63, 3.8) is 0 Å². The van der Waals surface area contributed by atoms with Gasteiger partial charge >= 0.3 is 0 Å². The fourth-order valence-electron chi connectivity index (χ4n) is 3.98. The van der Waals surface area contributed by atoms with Crippen LogP contribution in [0.3, 0.4) is 0 Å². The number of furan rings is 1. The Labute approximate surface area is 174 Å². The van der Waals surface area contributed by atoms with Crippen LogP contribution in [0.15, 0.2) is 47.1 Å². The number of ether oxygens (including phenoxy) is 1. The van der Waals surface area contributed by atoms with E-state index in [9.17, 15) is 4.79 Å². The molecule has 1 aromatic carbocycles. The molecule has 6 heteroatoms. The number of benzene rings is 1. The Balaban J connectivity index is 1.63. The molecule has 1 atom stereocenters. The number of methoxy groups -OCH3 is 1. The van der Waals surface area contributed by atoms with Gasteiger partial charge in [0.15, 0.2) is 5.76 Å². The van der Waals surface area contributed by atoms with Crippen LogP contribution in [0.1, 0.15) is 29.0 Å². The molecule has 1 amide bonds. The topological polar surface area (TPSA) is 49.2 Å². The summed E-state index contributed by atoms with van der Waals surface area (Å²) in [4.78, 5) is 19.5. The Hall–Kier alpha value is -2.31. The van der Waals surface area contributed by atoms with Crippen LogP contribution in [-0.4, -0.2) is 74.5 Å². The van der Waals surface area contributed by atoms with Crippen molar-refractivity contribution in [3.05, 3.63) is 54.0 Å². The molecule has 1 saturated heterocycles. The van der Waals surface area contributed by atoms with E-state index < -0.39 is 0 Å². The number of piperidine rings is 1. The summed E-state index contributed by atoms with van der Waals surface area (Å²) in [5, 5.41) is 0. The summed E-state index contributed by atoms with van der Waals surface area (Å²) >= 11 is 0. The van der Waals surface area contributed by atoms with Gasteiger partial charge in [0.25, 0.3) is 5.91 Å². The summed E-state index contributed by atoms with van der Waals surface area (Å²) in [6.45, 7) is 5.25. The molecule has 3 rings (SSSR count). The maximum atomic E-state index is 12.9. The van der Waals surface area contributed by atoms with Crippen LogP contribution in [0.4, 0.5) is 0 Å². The van der Waals surface area contributed by atoms with Crippen molar-refractivity contribution in [1.82, 2.24) is 14.7 Å². The Morgan fingerprint density at radius 1 is 1.21 bits per heavy atom. The van der Waals surface area contributed by atoms with Gasteiger partial charge in [0.2, 0.25) is 0 Å². The lowest BCUT2D eigenvalue weighted by molar-refractivity contribution is 0.0630. The molecule has 0 N–H and O–H groups in total. The molecule has 158 valence electrons. The van der Waals surface area contributed by atoms with E-state index in [0.717, 1.165) is 51.3 Å². The summed E-state index contributed by atoms with van der Waals surface area (Å²) in [6, 6.07) is 11.7. The standard InChI is InChI=1S/C23H33N3O3/c1-24(2)13-14-26(23(27)22-11-7-15-29-22)17-19-8-6-12-25(16-19)18-20-9-4-5-10-21(20)28-3/h4-5,7,9-11,15,19H,6,8,12-14,16-18H2,1-3H3/t19-/m0/s1. The molecule has 1 aliphatic rings. The Kier molecular flexibility index (Phi) is 7.72. The number of carbonyl (C=O) groups excluding carboxylic acids is 1. The second kappa shape index (κ2) is 10.5. The minimum absolute atomic E-state index is 0.0151. The van der Waals surface area contributed by atoms with Gasteiger partial charge in [0, 0.05) is 38.3 Å². The van der Waals surface area contributed by atoms with Gasteiger partial charge in [-0.15, -0.1) is 0 Å². The summed E-state index contributed by atoms with van der Waals surface area (Å²) in [7, 11) is 5.79. The minimum atomic E-state index is -0.0151. The monoisotopic (exact) mass is 399 g/mol. The molecule has 0 bridgehead atoms. The van der Waals surface area contributed by atoms with Gasteiger partial charge in [-0.05, 0) is 57.6 Å². The molecule has 2 heterocycles. The van der Waals surface area contributed by atoms with Crippen LogP contribution in [0, 0.1) is 5.92 Å². The van der Waals surface area contributed by atoms with Crippen molar-refractivity contribution < 1.29 is 13.9 Å². The van der Waals surface area contributed by atoms with E-state index in [1.165, 1.54) is 5.56 Å². The number of hydrogen-bond donors (Lipinski definition) is 0. The van der Waals surface area contributed by atoms with Crippen molar-refractivity contribution in [3.8, 4) is 5.75 Å². The van der Waals surface area contributed by atoms with Crippen LogP contribution in [0.2, 0.25) is 0 Å². The minimum Gasteiger partial charge on any atom is -0.496 e. The third-order valence-corrected chi connectivity index (χ3v) is 5.50. The predicted molar refractivity (Wildman–Crippen MR) is 114 cm³/mol. The molecule has 0 unspecified atom stereocenters. The highest BCUT2D eigenvalue weighted by Crippen LogP contribution is 2.24. The highest BCUT2D eigenvalue weighted by Gasteiger charge is 2.26. The molecule has 29 heavy (non-hydrogen) atoms. The molecule has 0 aliphatic carbocycles. The lowest BCUT2D eigenvalue weighted by Crippen LogP contribution is -2.44. The quantitative estimate of drug-likeness (QED) is 0.648. The number of hydrogen-bond acceptors (Lipinski definition) is 5. The molecule has 1 fully saturated rings. The van der Waals surface area contributed by atoms with E-state index in [2.05, 4.69) is 21.9 Å². The predicted octanol–water partition coefficient (Wildman–Crippen LogP) is 3.20. The molecule has 0 saturated carbocycles. The van der Waals surface area contributed by atoms with Gasteiger partial charge in [0.1, 0.15) is 5.75 Å².